The van der Waals surface area contributed by atoms with E-state index in [-0.39, 0.29) is 5.78 Å². The van der Waals surface area contributed by atoms with E-state index >= 15 is 0 Å². The summed E-state index contributed by atoms with van der Waals surface area (Å²) in [7, 11) is 0. The first kappa shape index (κ1) is 12.4. The van der Waals surface area contributed by atoms with Crippen molar-refractivity contribution in [3.63, 3.8) is 0 Å². The monoisotopic (exact) mass is 209 g/mol. The lowest BCUT2D eigenvalue weighted by Crippen LogP contribution is -2.22. The van der Waals surface area contributed by atoms with Gasteiger partial charge < -0.3 is 5.32 Å². The number of rotatable bonds is 9. The van der Waals surface area contributed by atoms with Crippen LogP contribution in [-0.2, 0) is 4.79 Å². The molecule has 86 valence electrons. The van der Waals surface area contributed by atoms with Crippen LogP contribution in [0.4, 0.5) is 0 Å². The summed E-state index contributed by atoms with van der Waals surface area (Å²) in [5.41, 5.74) is 0. The minimum Gasteiger partial charge on any atom is -0.310 e. The van der Waals surface area contributed by atoms with Gasteiger partial charge in [-0.15, -0.1) is 0 Å². The van der Waals surface area contributed by atoms with Crippen LogP contribution >= 0.6 is 0 Å². The van der Waals surface area contributed by atoms with E-state index in [1.165, 1.54) is 51.0 Å². The Kier molecular flexibility index (Phi) is 6.33. The van der Waals surface area contributed by atoms with Crippen LogP contribution in [0.2, 0.25) is 0 Å². The molecule has 0 bridgehead atoms. The van der Waals surface area contributed by atoms with E-state index in [1.807, 2.05) is 0 Å². The highest BCUT2D eigenvalue weighted by Gasteiger charge is 2.15. The van der Waals surface area contributed by atoms with Gasteiger partial charge in [0.05, 0.1) is 6.54 Å². The molecule has 1 aliphatic carbocycles. The molecule has 0 unspecified atom stereocenters. The second-order valence-electron chi connectivity index (χ2n) is 4.49. The maximum atomic E-state index is 10.9. The van der Waals surface area contributed by atoms with Gasteiger partial charge in [-0.3, -0.25) is 4.79 Å². The Bertz CT molecular complexity index is 197. The summed E-state index contributed by atoms with van der Waals surface area (Å²) in [5, 5.41) is 3.13. The molecular weight excluding hydrogens is 186 g/mol. The number of ketones is 1. The molecule has 2 heteroatoms. The van der Waals surface area contributed by atoms with Gasteiger partial charge in [0.1, 0.15) is 0 Å². The highest BCUT2D eigenvalue weighted by atomic mass is 16.1. The molecule has 0 aromatic rings. The molecule has 0 atom stereocenters. The van der Waals surface area contributed by atoms with Gasteiger partial charge in [0.15, 0.2) is 5.78 Å². The van der Waals surface area contributed by atoms with Gasteiger partial charge in [0.25, 0.3) is 0 Å². The molecule has 0 spiro atoms. The number of hydrogen-bond donors (Lipinski definition) is 1. The molecule has 1 saturated carbocycles. The fraction of sp³-hybridized carbons (Fsp3) is 0.769. The Morgan fingerprint density at radius 1 is 1.33 bits per heavy atom. The first-order chi connectivity index (χ1) is 7.33. The molecule has 0 heterocycles. The molecule has 2 nitrogen and oxygen atoms in total. The van der Waals surface area contributed by atoms with Crippen LogP contribution in [0.15, 0.2) is 12.7 Å². The van der Waals surface area contributed by atoms with Crippen molar-refractivity contribution in [1.29, 1.82) is 0 Å². The molecule has 0 aliphatic heterocycles. The van der Waals surface area contributed by atoms with Crippen LogP contribution in [0.3, 0.4) is 0 Å². The second kappa shape index (κ2) is 7.63. The summed E-state index contributed by atoms with van der Waals surface area (Å²) < 4.78 is 0. The van der Waals surface area contributed by atoms with E-state index in [0.717, 1.165) is 12.5 Å². The lowest BCUT2D eigenvalue weighted by molar-refractivity contribution is -0.113. The quantitative estimate of drug-likeness (QED) is 0.467. The van der Waals surface area contributed by atoms with Crippen molar-refractivity contribution in [3.05, 3.63) is 12.7 Å². The SMILES string of the molecule is C=CC(=O)CNCCCCCC1CCC1. The Labute approximate surface area is 93.1 Å². The number of carbonyl (C=O) groups is 1. The topological polar surface area (TPSA) is 29.1 Å². The largest absolute Gasteiger partial charge is 0.310 e. The van der Waals surface area contributed by atoms with Crippen molar-refractivity contribution in [2.24, 2.45) is 5.92 Å². The molecule has 1 aliphatic rings. The zero-order valence-electron chi connectivity index (χ0n) is 9.63. The summed E-state index contributed by atoms with van der Waals surface area (Å²) >= 11 is 0. The van der Waals surface area contributed by atoms with Gasteiger partial charge in [-0.1, -0.05) is 45.1 Å². The van der Waals surface area contributed by atoms with E-state index in [2.05, 4.69) is 11.9 Å². The molecule has 1 fully saturated rings. The summed E-state index contributed by atoms with van der Waals surface area (Å²) in [6, 6.07) is 0. The van der Waals surface area contributed by atoms with E-state index in [1.54, 1.807) is 0 Å². The molecule has 0 amide bonds. The average molecular weight is 209 g/mol. The summed E-state index contributed by atoms with van der Waals surface area (Å²) in [6.45, 7) is 4.85. The van der Waals surface area contributed by atoms with Crippen LogP contribution in [-0.4, -0.2) is 18.9 Å². The number of unbranched alkanes of at least 4 members (excludes halogenated alkanes) is 2. The Balaban J connectivity index is 1.76. The normalized spacial score (nSPS) is 16.0. The standard InChI is InChI=1S/C13H23NO/c1-2-13(15)11-14-10-5-3-4-7-12-8-6-9-12/h2,12,14H,1,3-11H2. The molecule has 0 saturated heterocycles. The molecule has 0 aromatic heterocycles. The minimum atomic E-state index is 0.0875. The molecule has 0 aromatic carbocycles. The van der Waals surface area contributed by atoms with Crippen molar-refractivity contribution in [2.75, 3.05) is 13.1 Å². The zero-order valence-corrected chi connectivity index (χ0v) is 9.63. The van der Waals surface area contributed by atoms with E-state index in [9.17, 15) is 4.79 Å². The van der Waals surface area contributed by atoms with Crippen LogP contribution in [0.5, 0.6) is 0 Å². The highest BCUT2D eigenvalue weighted by molar-refractivity contribution is 5.90. The second-order valence-corrected chi connectivity index (χ2v) is 4.49. The van der Waals surface area contributed by atoms with Crippen molar-refractivity contribution in [2.45, 2.75) is 44.9 Å². The minimum absolute atomic E-state index is 0.0875. The smallest absolute Gasteiger partial charge is 0.168 e. The summed E-state index contributed by atoms with van der Waals surface area (Å²) in [5.74, 6) is 1.13. The van der Waals surface area contributed by atoms with Crippen molar-refractivity contribution >= 4 is 5.78 Å². The maximum absolute atomic E-state index is 10.9. The maximum Gasteiger partial charge on any atom is 0.168 e. The van der Waals surface area contributed by atoms with Crippen molar-refractivity contribution < 1.29 is 4.79 Å². The zero-order chi connectivity index (χ0) is 10.9. The Hall–Kier alpha value is -0.630. The van der Waals surface area contributed by atoms with Gasteiger partial charge >= 0.3 is 0 Å². The molecule has 0 radical (unpaired) electrons. The van der Waals surface area contributed by atoms with Crippen LogP contribution in [0.1, 0.15) is 44.9 Å². The number of hydrogen-bond acceptors (Lipinski definition) is 2. The Morgan fingerprint density at radius 3 is 2.73 bits per heavy atom. The number of carbonyl (C=O) groups excluding carboxylic acids is 1. The average Bonchev–Trinajstić information content (AvgIpc) is 2.19. The lowest BCUT2D eigenvalue weighted by Gasteiger charge is -2.24. The third-order valence-corrected chi connectivity index (χ3v) is 3.22. The van der Waals surface area contributed by atoms with E-state index < -0.39 is 0 Å². The van der Waals surface area contributed by atoms with Gasteiger partial charge in [0.2, 0.25) is 0 Å². The summed E-state index contributed by atoms with van der Waals surface area (Å²) in [4.78, 5) is 10.9. The molecular formula is C13H23NO. The van der Waals surface area contributed by atoms with Crippen LogP contribution < -0.4 is 5.32 Å². The third-order valence-electron chi connectivity index (χ3n) is 3.22. The fourth-order valence-electron chi connectivity index (χ4n) is 1.93. The van der Waals surface area contributed by atoms with Gasteiger partial charge in [-0.05, 0) is 25.0 Å². The third kappa shape index (κ3) is 5.73. The lowest BCUT2D eigenvalue weighted by atomic mass is 9.82. The van der Waals surface area contributed by atoms with Gasteiger partial charge in [0, 0.05) is 0 Å². The first-order valence-electron chi connectivity index (χ1n) is 6.19. The predicted molar refractivity (Wildman–Crippen MR) is 63.9 cm³/mol. The van der Waals surface area contributed by atoms with Gasteiger partial charge in [-0.2, -0.15) is 0 Å². The Morgan fingerprint density at radius 2 is 2.13 bits per heavy atom. The fourth-order valence-corrected chi connectivity index (χ4v) is 1.93. The molecule has 15 heavy (non-hydrogen) atoms. The van der Waals surface area contributed by atoms with E-state index in [4.69, 9.17) is 0 Å². The predicted octanol–water partition coefficient (Wildman–Crippen LogP) is 2.69. The van der Waals surface area contributed by atoms with Crippen molar-refractivity contribution in [1.82, 2.24) is 5.32 Å². The van der Waals surface area contributed by atoms with Crippen LogP contribution in [0.25, 0.3) is 0 Å². The summed E-state index contributed by atoms with van der Waals surface area (Å²) in [6.07, 6.45) is 11.0. The van der Waals surface area contributed by atoms with Crippen LogP contribution in [0, 0.1) is 5.92 Å². The molecule has 1 rings (SSSR count). The number of nitrogens with one attached hydrogen (secondary N) is 1. The molecule has 1 N–H and O–H groups in total. The first-order valence-corrected chi connectivity index (χ1v) is 6.19. The van der Waals surface area contributed by atoms with Gasteiger partial charge in [-0.25, -0.2) is 0 Å². The van der Waals surface area contributed by atoms with E-state index in [0.29, 0.717) is 6.54 Å². The van der Waals surface area contributed by atoms with Crippen molar-refractivity contribution in [3.8, 4) is 0 Å². The highest BCUT2D eigenvalue weighted by Crippen LogP contribution is 2.30.